The monoisotopic (exact) mass is 292 g/mol. The lowest BCUT2D eigenvalue weighted by atomic mass is 9.93. The molecule has 0 saturated heterocycles. The number of nitrogens with one attached hydrogen (secondary N) is 2. The summed E-state index contributed by atoms with van der Waals surface area (Å²) in [6, 6.07) is 3.54. The molecule has 1 aromatic rings. The fourth-order valence-corrected chi connectivity index (χ4v) is 2.26. The zero-order chi connectivity index (χ0) is 15.9. The van der Waals surface area contributed by atoms with E-state index < -0.39 is 0 Å². The Bertz CT molecular complexity index is 457. The van der Waals surface area contributed by atoms with Crippen LogP contribution in [0.5, 0.6) is 0 Å². The van der Waals surface area contributed by atoms with E-state index in [0.717, 1.165) is 25.3 Å². The van der Waals surface area contributed by atoms with E-state index in [1.54, 1.807) is 18.3 Å². The molecular formula is C16H28N4O. The minimum absolute atomic E-state index is 0.0372. The van der Waals surface area contributed by atoms with E-state index in [4.69, 9.17) is 0 Å². The normalized spacial score (nSPS) is 11.5. The first-order valence-corrected chi connectivity index (χ1v) is 7.47. The predicted molar refractivity (Wildman–Crippen MR) is 87.7 cm³/mol. The number of anilines is 1. The van der Waals surface area contributed by atoms with Gasteiger partial charge in [0.1, 0.15) is 5.82 Å². The highest BCUT2D eigenvalue weighted by atomic mass is 16.1. The summed E-state index contributed by atoms with van der Waals surface area (Å²) >= 11 is 0. The van der Waals surface area contributed by atoms with Crippen LogP contribution < -0.4 is 10.6 Å². The molecule has 0 unspecified atom stereocenters. The molecule has 118 valence electrons. The van der Waals surface area contributed by atoms with Gasteiger partial charge in [0, 0.05) is 31.4 Å². The second kappa shape index (κ2) is 7.98. The maximum Gasteiger partial charge on any atom is 0.251 e. The van der Waals surface area contributed by atoms with E-state index >= 15 is 0 Å². The van der Waals surface area contributed by atoms with Gasteiger partial charge in [-0.2, -0.15) is 0 Å². The first kappa shape index (κ1) is 17.4. The van der Waals surface area contributed by atoms with Crippen molar-refractivity contribution < 1.29 is 4.79 Å². The fraction of sp³-hybridized carbons (Fsp3) is 0.625. The summed E-state index contributed by atoms with van der Waals surface area (Å²) in [5.74, 6) is 0.695. The lowest BCUT2D eigenvalue weighted by molar-refractivity contribution is 0.0929. The van der Waals surface area contributed by atoms with Crippen LogP contribution in [0.3, 0.4) is 0 Å². The summed E-state index contributed by atoms with van der Waals surface area (Å²) in [6.45, 7) is 8.81. The highest BCUT2D eigenvalue weighted by Crippen LogP contribution is 2.15. The Morgan fingerprint density at radius 2 is 2.10 bits per heavy atom. The molecule has 21 heavy (non-hydrogen) atoms. The average molecular weight is 292 g/mol. The number of aromatic nitrogens is 1. The summed E-state index contributed by atoms with van der Waals surface area (Å²) in [7, 11) is 4.08. The number of hydrogen-bond acceptors (Lipinski definition) is 4. The molecule has 1 heterocycles. The molecule has 1 aromatic heterocycles. The summed E-state index contributed by atoms with van der Waals surface area (Å²) in [6.07, 6.45) is 2.69. The zero-order valence-electron chi connectivity index (χ0n) is 13.9. The molecule has 5 heteroatoms. The number of nitrogens with zero attached hydrogens (tertiary/aromatic N) is 2. The van der Waals surface area contributed by atoms with E-state index in [2.05, 4.69) is 41.3 Å². The predicted octanol–water partition coefficient (Wildman–Crippen LogP) is 2.22. The van der Waals surface area contributed by atoms with E-state index in [-0.39, 0.29) is 11.3 Å². The van der Waals surface area contributed by atoms with Crippen molar-refractivity contribution in [3.05, 3.63) is 23.9 Å². The Balaban J connectivity index is 2.59. The first-order chi connectivity index (χ1) is 9.84. The molecule has 1 rings (SSSR count). The van der Waals surface area contributed by atoms with Crippen molar-refractivity contribution in [2.75, 3.05) is 39.0 Å². The van der Waals surface area contributed by atoms with Crippen LogP contribution in [0, 0.1) is 5.41 Å². The highest BCUT2D eigenvalue weighted by molar-refractivity contribution is 5.94. The van der Waals surface area contributed by atoms with Crippen LogP contribution in [0.1, 0.15) is 37.6 Å². The van der Waals surface area contributed by atoms with Gasteiger partial charge in [-0.3, -0.25) is 4.79 Å². The van der Waals surface area contributed by atoms with E-state index in [0.29, 0.717) is 12.1 Å². The van der Waals surface area contributed by atoms with Crippen molar-refractivity contribution in [2.45, 2.75) is 27.2 Å². The van der Waals surface area contributed by atoms with Crippen molar-refractivity contribution in [1.82, 2.24) is 15.2 Å². The van der Waals surface area contributed by atoms with Crippen LogP contribution in [-0.2, 0) is 0 Å². The van der Waals surface area contributed by atoms with Crippen LogP contribution in [0.2, 0.25) is 0 Å². The maximum absolute atomic E-state index is 12.2. The molecular weight excluding hydrogens is 264 g/mol. The third kappa shape index (κ3) is 6.58. The van der Waals surface area contributed by atoms with Crippen molar-refractivity contribution >= 4 is 11.7 Å². The van der Waals surface area contributed by atoms with Crippen LogP contribution in [0.4, 0.5) is 5.82 Å². The van der Waals surface area contributed by atoms with E-state index in [1.165, 1.54) is 0 Å². The van der Waals surface area contributed by atoms with Crippen molar-refractivity contribution in [3.63, 3.8) is 0 Å². The average Bonchev–Trinajstić information content (AvgIpc) is 2.41. The van der Waals surface area contributed by atoms with Crippen molar-refractivity contribution in [2.24, 2.45) is 5.41 Å². The van der Waals surface area contributed by atoms with E-state index in [1.807, 2.05) is 14.1 Å². The molecule has 0 radical (unpaired) electrons. The number of rotatable bonds is 8. The first-order valence-electron chi connectivity index (χ1n) is 7.47. The fourth-order valence-electron chi connectivity index (χ4n) is 2.26. The summed E-state index contributed by atoms with van der Waals surface area (Å²) in [5.41, 5.74) is 0.680. The van der Waals surface area contributed by atoms with Gasteiger partial charge in [-0.25, -0.2) is 4.98 Å². The van der Waals surface area contributed by atoms with Crippen LogP contribution in [0.15, 0.2) is 18.3 Å². The molecule has 0 fully saturated rings. The lowest BCUT2D eigenvalue weighted by Crippen LogP contribution is -2.40. The minimum Gasteiger partial charge on any atom is -0.370 e. The van der Waals surface area contributed by atoms with Gasteiger partial charge in [-0.1, -0.05) is 20.8 Å². The van der Waals surface area contributed by atoms with Crippen LogP contribution in [-0.4, -0.2) is 49.5 Å². The molecule has 0 aromatic carbocycles. The van der Waals surface area contributed by atoms with Gasteiger partial charge in [0.25, 0.3) is 5.91 Å². The molecule has 0 aliphatic heterocycles. The molecule has 0 atom stereocenters. The van der Waals surface area contributed by atoms with Gasteiger partial charge in [-0.15, -0.1) is 0 Å². The Labute approximate surface area is 128 Å². The molecule has 0 aliphatic carbocycles. The molecule has 0 bridgehead atoms. The van der Waals surface area contributed by atoms with Crippen molar-refractivity contribution in [3.8, 4) is 0 Å². The standard InChI is InChI=1S/C16H28N4O/c1-6-8-17-14-10-13(7-9-18-14)15(21)19-11-16(2,3)12-20(4)5/h7,9-10H,6,8,11-12H2,1-5H3,(H,17,18)(H,19,21). The largest absolute Gasteiger partial charge is 0.370 e. The third-order valence-corrected chi connectivity index (χ3v) is 3.05. The van der Waals surface area contributed by atoms with E-state index in [9.17, 15) is 4.79 Å². The van der Waals surface area contributed by atoms with Gasteiger partial charge in [0.05, 0.1) is 0 Å². The summed E-state index contributed by atoms with van der Waals surface area (Å²) in [5, 5.41) is 6.20. The second-order valence-corrected chi connectivity index (χ2v) is 6.44. The van der Waals surface area contributed by atoms with Gasteiger partial charge in [0.15, 0.2) is 0 Å². The van der Waals surface area contributed by atoms with Crippen LogP contribution in [0.25, 0.3) is 0 Å². The molecule has 0 saturated carbocycles. The number of carbonyl (C=O) groups excluding carboxylic acids is 1. The lowest BCUT2D eigenvalue weighted by Gasteiger charge is -2.28. The number of amides is 1. The Morgan fingerprint density at radius 3 is 2.71 bits per heavy atom. The van der Waals surface area contributed by atoms with Gasteiger partial charge in [0.2, 0.25) is 0 Å². The van der Waals surface area contributed by atoms with Gasteiger partial charge in [-0.05, 0) is 38.1 Å². The Kier molecular flexibility index (Phi) is 6.62. The van der Waals surface area contributed by atoms with Crippen LogP contribution >= 0.6 is 0 Å². The molecule has 0 aliphatic rings. The number of hydrogen-bond donors (Lipinski definition) is 2. The smallest absolute Gasteiger partial charge is 0.251 e. The third-order valence-electron chi connectivity index (χ3n) is 3.05. The Morgan fingerprint density at radius 1 is 1.38 bits per heavy atom. The highest BCUT2D eigenvalue weighted by Gasteiger charge is 2.20. The molecule has 0 spiro atoms. The number of pyridine rings is 1. The Hall–Kier alpha value is -1.62. The molecule has 2 N–H and O–H groups in total. The topological polar surface area (TPSA) is 57.3 Å². The SMILES string of the molecule is CCCNc1cc(C(=O)NCC(C)(C)CN(C)C)ccn1. The number of carbonyl (C=O) groups is 1. The zero-order valence-corrected chi connectivity index (χ0v) is 13.9. The quantitative estimate of drug-likeness (QED) is 0.771. The summed E-state index contributed by atoms with van der Waals surface area (Å²) < 4.78 is 0. The molecule has 5 nitrogen and oxygen atoms in total. The maximum atomic E-state index is 12.2. The second-order valence-electron chi connectivity index (χ2n) is 6.44. The minimum atomic E-state index is -0.0521. The summed E-state index contributed by atoms with van der Waals surface area (Å²) in [4.78, 5) is 18.6. The van der Waals surface area contributed by atoms with Gasteiger partial charge >= 0.3 is 0 Å². The molecule has 1 amide bonds. The van der Waals surface area contributed by atoms with Crippen molar-refractivity contribution in [1.29, 1.82) is 0 Å². The van der Waals surface area contributed by atoms with Gasteiger partial charge < -0.3 is 15.5 Å².